The molecule has 0 radical (unpaired) electrons. The van der Waals surface area contributed by atoms with Crippen LogP contribution >= 0.6 is 0 Å². The molecule has 0 aromatic heterocycles. The number of para-hydroxylation sites is 1. The van der Waals surface area contributed by atoms with Crippen molar-refractivity contribution in [1.29, 1.82) is 0 Å². The number of nitrogens with zero attached hydrogens (tertiary/aromatic N) is 2. The minimum absolute atomic E-state index is 0.439. The molecule has 0 fully saturated rings. The predicted octanol–water partition coefficient (Wildman–Crippen LogP) is 3.09. The topological polar surface area (TPSA) is 40.6 Å². The Morgan fingerprint density at radius 3 is 1.87 bits per heavy atom. The van der Waals surface area contributed by atoms with E-state index in [4.69, 9.17) is 0 Å². The Labute approximate surface area is 137 Å². The normalized spacial score (nSPS) is 10.2. The maximum Gasteiger partial charge on any atom is 0.316 e. The standard InChI is InChI=1S/C19H22N2O2/c1-3-20(15-16-11-7-5-8-12-16)18(22)19(23)21(4-2)17-13-9-6-10-14-17/h5-14H,3-4,15H2,1-2H3. The first kappa shape index (κ1) is 16.7. The van der Waals surface area contributed by atoms with Gasteiger partial charge in [-0.2, -0.15) is 0 Å². The number of carbonyl (C=O) groups excluding carboxylic acids is 2. The summed E-state index contributed by atoms with van der Waals surface area (Å²) in [7, 11) is 0. The second-order valence-electron chi connectivity index (χ2n) is 5.19. The summed E-state index contributed by atoms with van der Waals surface area (Å²) >= 11 is 0. The highest BCUT2D eigenvalue weighted by molar-refractivity contribution is 6.40. The van der Waals surface area contributed by atoms with Gasteiger partial charge < -0.3 is 9.80 Å². The highest BCUT2D eigenvalue weighted by Crippen LogP contribution is 2.14. The first-order valence-corrected chi connectivity index (χ1v) is 7.87. The van der Waals surface area contributed by atoms with Gasteiger partial charge >= 0.3 is 11.8 Å². The first-order chi connectivity index (χ1) is 11.2. The predicted molar refractivity (Wildman–Crippen MR) is 92.0 cm³/mol. The minimum atomic E-state index is -0.489. The molecule has 2 amide bonds. The number of hydrogen-bond acceptors (Lipinski definition) is 2. The lowest BCUT2D eigenvalue weighted by Crippen LogP contribution is -2.45. The van der Waals surface area contributed by atoms with Crippen molar-refractivity contribution >= 4 is 17.5 Å². The SMILES string of the molecule is CCN(Cc1ccccc1)C(=O)C(=O)N(CC)c1ccccc1. The Morgan fingerprint density at radius 2 is 1.35 bits per heavy atom. The van der Waals surface area contributed by atoms with Gasteiger partial charge in [0, 0.05) is 25.3 Å². The average Bonchev–Trinajstić information content (AvgIpc) is 2.61. The largest absolute Gasteiger partial charge is 0.330 e. The molecule has 0 N–H and O–H groups in total. The van der Waals surface area contributed by atoms with Crippen LogP contribution in [-0.4, -0.2) is 29.8 Å². The van der Waals surface area contributed by atoms with E-state index in [2.05, 4.69) is 0 Å². The van der Waals surface area contributed by atoms with Crippen molar-refractivity contribution < 1.29 is 9.59 Å². The van der Waals surface area contributed by atoms with E-state index in [9.17, 15) is 9.59 Å². The van der Waals surface area contributed by atoms with Gasteiger partial charge in [0.2, 0.25) is 0 Å². The quantitative estimate of drug-likeness (QED) is 0.796. The zero-order chi connectivity index (χ0) is 16.7. The molecule has 0 unspecified atom stereocenters. The van der Waals surface area contributed by atoms with Crippen LogP contribution in [-0.2, 0) is 16.1 Å². The molecule has 0 bridgehead atoms. The Balaban J connectivity index is 2.14. The molecule has 4 heteroatoms. The van der Waals surface area contributed by atoms with Crippen molar-refractivity contribution in [3.8, 4) is 0 Å². The summed E-state index contributed by atoms with van der Waals surface area (Å²) in [6, 6.07) is 19.0. The first-order valence-electron chi connectivity index (χ1n) is 7.87. The number of likely N-dealkylation sites (N-methyl/N-ethyl adjacent to an activating group) is 2. The van der Waals surface area contributed by atoms with E-state index in [0.29, 0.717) is 19.6 Å². The molecule has 0 heterocycles. The van der Waals surface area contributed by atoms with Gasteiger partial charge in [0.1, 0.15) is 0 Å². The zero-order valence-electron chi connectivity index (χ0n) is 13.6. The van der Waals surface area contributed by atoms with E-state index in [1.165, 1.54) is 4.90 Å². The maximum atomic E-state index is 12.6. The van der Waals surface area contributed by atoms with E-state index in [-0.39, 0.29) is 0 Å². The van der Waals surface area contributed by atoms with Gasteiger partial charge in [0.15, 0.2) is 0 Å². The molecule has 0 atom stereocenters. The van der Waals surface area contributed by atoms with Crippen LogP contribution in [0.4, 0.5) is 5.69 Å². The minimum Gasteiger partial charge on any atom is -0.330 e. The second kappa shape index (κ2) is 8.13. The molecule has 0 spiro atoms. The number of amides is 2. The van der Waals surface area contributed by atoms with E-state index < -0.39 is 11.8 Å². The highest BCUT2D eigenvalue weighted by Gasteiger charge is 2.26. The van der Waals surface area contributed by atoms with Crippen molar-refractivity contribution in [1.82, 2.24) is 4.90 Å². The monoisotopic (exact) mass is 310 g/mol. The third-order valence-electron chi connectivity index (χ3n) is 3.70. The van der Waals surface area contributed by atoms with E-state index >= 15 is 0 Å². The fraction of sp³-hybridized carbons (Fsp3) is 0.263. The molecule has 0 aliphatic rings. The smallest absolute Gasteiger partial charge is 0.316 e. The van der Waals surface area contributed by atoms with Crippen molar-refractivity contribution in [3.05, 3.63) is 66.2 Å². The van der Waals surface area contributed by atoms with Gasteiger partial charge in [-0.1, -0.05) is 48.5 Å². The number of anilines is 1. The van der Waals surface area contributed by atoms with Crippen molar-refractivity contribution in [3.63, 3.8) is 0 Å². The number of benzene rings is 2. The third-order valence-corrected chi connectivity index (χ3v) is 3.70. The second-order valence-corrected chi connectivity index (χ2v) is 5.19. The molecule has 4 nitrogen and oxygen atoms in total. The summed E-state index contributed by atoms with van der Waals surface area (Å²) in [6.07, 6.45) is 0. The van der Waals surface area contributed by atoms with Crippen LogP contribution in [0.5, 0.6) is 0 Å². The molecular weight excluding hydrogens is 288 g/mol. The van der Waals surface area contributed by atoms with Crippen LogP contribution in [0.3, 0.4) is 0 Å². The summed E-state index contributed by atoms with van der Waals surface area (Å²) < 4.78 is 0. The number of carbonyl (C=O) groups is 2. The summed E-state index contributed by atoms with van der Waals surface area (Å²) in [5, 5.41) is 0. The Hall–Kier alpha value is -2.62. The molecule has 2 aromatic rings. The van der Waals surface area contributed by atoms with Gasteiger partial charge in [-0.15, -0.1) is 0 Å². The van der Waals surface area contributed by atoms with E-state index in [1.54, 1.807) is 4.90 Å². The van der Waals surface area contributed by atoms with Crippen molar-refractivity contribution in [2.75, 3.05) is 18.0 Å². The van der Waals surface area contributed by atoms with Crippen LogP contribution in [0.2, 0.25) is 0 Å². The van der Waals surface area contributed by atoms with Gasteiger partial charge in [-0.25, -0.2) is 0 Å². The third kappa shape index (κ3) is 4.19. The summed E-state index contributed by atoms with van der Waals surface area (Å²) in [5.41, 5.74) is 1.75. The van der Waals surface area contributed by atoms with Crippen LogP contribution in [0, 0.1) is 0 Å². The van der Waals surface area contributed by atoms with Gasteiger partial charge in [0.25, 0.3) is 0 Å². The summed E-state index contributed by atoms with van der Waals surface area (Å²) in [5.74, 6) is -0.960. The fourth-order valence-corrected chi connectivity index (χ4v) is 2.43. The summed E-state index contributed by atoms with van der Waals surface area (Å²) in [4.78, 5) is 28.3. The molecule has 23 heavy (non-hydrogen) atoms. The Bertz CT molecular complexity index is 641. The van der Waals surface area contributed by atoms with E-state index in [1.807, 2.05) is 74.5 Å². The zero-order valence-corrected chi connectivity index (χ0v) is 13.6. The van der Waals surface area contributed by atoms with Crippen molar-refractivity contribution in [2.45, 2.75) is 20.4 Å². The van der Waals surface area contributed by atoms with Gasteiger partial charge in [0.05, 0.1) is 0 Å². The van der Waals surface area contributed by atoms with Crippen LogP contribution in [0.1, 0.15) is 19.4 Å². The molecule has 0 aliphatic heterocycles. The molecule has 0 aliphatic carbocycles. The Kier molecular flexibility index (Phi) is 5.92. The van der Waals surface area contributed by atoms with Gasteiger partial charge in [-0.05, 0) is 31.5 Å². The molecule has 2 aromatic carbocycles. The molecule has 120 valence electrons. The molecular formula is C19H22N2O2. The van der Waals surface area contributed by atoms with Crippen LogP contribution in [0.25, 0.3) is 0 Å². The van der Waals surface area contributed by atoms with Gasteiger partial charge in [-0.3, -0.25) is 9.59 Å². The van der Waals surface area contributed by atoms with Crippen LogP contribution in [0.15, 0.2) is 60.7 Å². The van der Waals surface area contributed by atoms with Crippen molar-refractivity contribution in [2.24, 2.45) is 0 Å². The van der Waals surface area contributed by atoms with E-state index in [0.717, 1.165) is 11.3 Å². The number of rotatable bonds is 5. The lowest BCUT2D eigenvalue weighted by atomic mass is 10.2. The fourth-order valence-electron chi connectivity index (χ4n) is 2.43. The summed E-state index contributed by atoms with van der Waals surface area (Å²) in [6.45, 7) is 5.14. The maximum absolute atomic E-state index is 12.6. The molecule has 0 saturated carbocycles. The lowest BCUT2D eigenvalue weighted by Gasteiger charge is -2.25. The number of hydrogen-bond donors (Lipinski definition) is 0. The highest BCUT2D eigenvalue weighted by atomic mass is 16.2. The lowest BCUT2D eigenvalue weighted by molar-refractivity contribution is -0.144. The molecule has 2 rings (SSSR count). The average molecular weight is 310 g/mol. The van der Waals surface area contributed by atoms with Crippen LogP contribution < -0.4 is 4.90 Å². The Morgan fingerprint density at radius 1 is 0.783 bits per heavy atom. The molecule has 0 saturated heterocycles.